The zero-order valence-corrected chi connectivity index (χ0v) is 11.8. The van der Waals surface area contributed by atoms with Crippen LogP contribution < -0.4 is 5.32 Å². The molecular weight excluding hydrogens is 213 g/mol. The minimum atomic E-state index is -0.145. The Balaban J connectivity index is 3.28. The van der Waals surface area contributed by atoms with Crippen molar-refractivity contribution in [3.05, 3.63) is 34.6 Å². The van der Waals surface area contributed by atoms with Crippen LogP contribution in [0.1, 0.15) is 50.4 Å². The van der Waals surface area contributed by atoms with Crippen molar-refractivity contribution in [3.63, 3.8) is 0 Å². The molecule has 0 aliphatic carbocycles. The van der Waals surface area contributed by atoms with E-state index in [-0.39, 0.29) is 17.3 Å². The van der Waals surface area contributed by atoms with Crippen molar-refractivity contribution >= 4 is 0 Å². The molecule has 0 saturated heterocycles. The van der Waals surface area contributed by atoms with E-state index in [0.717, 1.165) is 17.7 Å². The van der Waals surface area contributed by atoms with Crippen molar-refractivity contribution in [2.45, 2.75) is 47.6 Å². The summed E-state index contributed by atoms with van der Waals surface area (Å²) in [5, 5.41) is 3.52. The molecule has 1 rings (SSSR count). The van der Waals surface area contributed by atoms with Crippen LogP contribution in [-0.4, -0.2) is 6.54 Å². The second-order valence-corrected chi connectivity index (χ2v) is 5.81. The van der Waals surface area contributed by atoms with E-state index < -0.39 is 0 Å². The number of aryl methyl sites for hydroxylation is 2. The number of benzene rings is 1. The highest BCUT2D eigenvalue weighted by Gasteiger charge is 2.28. The van der Waals surface area contributed by atoms with Crippen LogP contribution in [0.2, 0.25) is 0 Å². The molecule has 96 valence electrons. The average Bonchev–Trinajstić information content (AvgIpc) is 2.13. The van der Waals surface area contributed by atoms with E-state index in [1.54, 1.807) is 12.1 Å². The molecule has 1 unspecified atom stereocenters. The monoisotopic (exact) mass is 237 g/mol. The van der Waals surface area contributed by atoms with Gasteiger partial charge in [0.1, 0.15) is 5.82 Å². The van der Waals surface area contributed by atoms with Crippen LogP contribution in [0.5, 0.6) is 0 Å². The average molecular weight is 237 g/mol. The molecule has 0 aliphatic rings. The quantitative estimate of drug-likeness (QED) is 0.833. The number of halogens is 1. The number of rotatable bonds is 3. The predicted molar refractivity (Wildman–Crippen MR) is 71.7 cm³/mol. The second-order valence-electron chi connectivity index (χ2n) is 5.81. The van der Waals surface area contributed by atoms with Crippen LogP contribution in [0.15, 0.2) is 12.1 Å². The Hall–Kier alpha value is -0.890. The Morgan fingerprint density at radius 3 is 2.00 bits per heavy atom. The second kappa shape index (κ2) is 5.18. The molecule has 2 heteroatoms. The topological polar surface area (TPSA) is 12.0 Å². The third-order valence-electron chi connectivity index (χ3n) is 3.12. The molecule has 0 heterocycles. The van der Waals surface area contributed by atoms with Gasteiger partial charge < -0.3 is 5.32 Å². The fourth-order valence-electron chi connectivity index (χ4n) is 2.42. The van der Waals surface area contributed by atoms with Gasteiger partial charge in [-0.25, -0.2) is 4.39 Å². The lowest BCUT2D eigenvalue weighted by molar-refractivity contribution is 0.275. The zero-order chi connectivity index (χ0) is 13.2. The molecule has 1 N–H and O–H groups in total. The van der Waals surface area contributed by atoms with Crippen LogP contribution in [0, 0.1) is 25.1 Å². The van der Waals surface area contributed by atoms with Crippen molar-refractivity contribution in [2.24, 2.45) is 5.41 Å². The fourth-order valence-corrected chi connectivity index (χ4v) is 2.42. The number of hydrogen-bond acceptors (Lipinski definition) is 1. The highest BCUT2D eigenvalue weighted by Crippen LogP contribution is 2.36. The minimum Gasteiger partial charge on any atom is -0.310 e. The summed E-state index contributed by atoms with van der Waals surface area (Å²) in [5.74, 6) is -0.145. The van der Waals surface area contributed by atoms with E-state index in [1.807, 2.05) is 13.8 Å². The SMILES string of the molecule is CCNC(c1c(C)cc(F)cc1C)C(C)(C)C. The molecule has 1 aromatic rings. The van der Waals surface area contributed by atoms with Gasteiger partial charge in [-0.05, 0) is 54.6 Å². The largest absolute Gasteiger partial charge is 0.310 e. The fraction of sp³-hybridized carbons (Fsp3) is 0.600. The molecule has 1 aromatic carbocycles. The zero-order valence-electron chi connectivity index (χ0n) is 11.8. The molecule has 0 fully saturated rings. The smallest absolute Gasteiger partial charge is 0.123 e. The molecule has 17 heavy (non-hydrogen) atoms. The van der Waals surface area contributed by atoms with Crippen LogP contribution in [0.3, 0.4) is 0 Å². The van der Waals surface area contributed by atoms with Gasteiger partial charge in [0.05, 0.1) is 0 Å². The molecule has 0 radical (unpaired) electrons. The lowest BCUT2D eigenvalue weighted by Crippen LogP contribution is -2.33. The normalized spacial score (nSPS) is 13.8. The van der Waals surface area contributed by atoms with Crippen LogP contribution in [0.4, 0.5) is 4.39 Å². The summed E-state index contributed by atoms with van der Waals surface area (Å²) < 4.78 is 13.3. The van der Waals surface area contributed by atoms with E-state index in [4.69, 9.17) is 0 Å². The van der Waals surface area contributed by atoms with E-state index in [1.165, 1.54) is 5.56 Å². The highest BCUT2D eigenvalue weighted by atomic mass is 19.1. The summed E-state index contributed by atoms with van der Waals surface area (Å²) in [5.41, 5.74) is 3.41. The summed E-state index contributed by atoms with van der Waals surface area (Å²) in [6, 6.07) is 3.50. The van der Waals surface area contributed by atoms with Gasteiger partial charge in [0.15, 0.2) is 0 Å². The van der Waals surface area contributed by atoms with Crippen LogP contribution >= 0.6 is 0 Å². The summed E-state index contributed by atoms with van der Waals surface area (Å²) >= 11 is 0. The Morgan fingerprint density at radius 1 is 1.18 bits per heavy atom. The van der Waals surface area contributed by atoms with E-state index in [0.29, 0.717) is 0 Å². The lowest BCUT2D eigenvalue weighted by atomic mass is 9.79. The van der Waals surface area contributed by atoms with E-state index in [9.17, 15) is 4.39 Å². The first-order chi connectivity index (χ1) is 7.77. The standard InChI is InChI=1S/C15H24FN/c1-7-17-14(15(4,5)6)13-10(2)8-12(16)9-11(13)3/h8-9,14,17H,7H2,1-6H3. The summed E-state index contributed by atoms with van der Waals surface area (Å²) in [4.78, 5) is 0. The van der Waals surface area contributed by atoms with Gasteiger partial charge in [0.2, 0.25) is 0 Å². The first-order valence-electron chi connectivity index (χ1n) is 6.27. The molecule has 0 spiro atoms. The van der Waals surface area contributed by atoms with Crippen molar-refractivity contribution in [3.8, 4) is 0 Å². The van der Waals surface area contributed by atoms with Crippen molar-refractivity contribution in [2.75, 3.05) is 6.54 Å². The summed E-state index contributed by atoms with van der Waals surface area (Å²) in [6.07, 6.45) is 0. The number of nitrogens with one attached hydrogen (secondary N) is 1. The summed E-state index contributed by atoms with van der Waals surface area (Å²) in [7, 11) is 0. The van der Waals surface area contributed by atoms with Crippen LogP contribution in [-0.2, 0) is 0 Å². The maximum atomic E-state index is 13.3. The maximum Gasteiger partial charge on any atom is 0.123 e. The Kier molecular flexibility index (Phi) is 4.31. The molecule has 0 aromatic heterocycles. The molecular formula is C15H24FN. The molecule has 0 bridgehead atoms. The Morgan fingerprint density at radius 2 is 1.65 bits per heavy atom. The van der Waals surface area contributed by atoms with Gasteiger partial charge in [0, 0.05) is 6.04 Å². The predicted octanol–water partition coefficient (Wildman–Crippen LogP) is 4.14. The number of hydrogen-bond donors (Lipinski definition) is 1. The first kappa shape index (κ1) is 14.2. The van der Waals surface area contributed by atoms with Gasteiger partial charge in [-0.3, -0.25) is 0 Å². The Bertz CT molecular complexity index is 367. The molecule has 0 saturated carbocycles. The van der Waals surface area contributed by atoms with Gasteiger partial charge in [-0.2, -0.15) is 0 Å². The van der Waals surface area contributed by atoms with E-state index >= 15 is 0 Å². The third-order valence-corrected chi connectivity index (χ3v) is 3.12. The van der Waals surface area contributed by atoms with Gasteiger partial charge in [-0.15, -0.1) is 0 Å². The first-order valence-corrected chi connectivity index (χ1v) is 6.27. The molecule has 1 atom stereocenters. The Labute approximate surface area is 104 Å². The molecule has 1 nitrogen and oxygen atoms in total. The van der Waals surface area contributed by atoms with Gasteiger partial charge in [-0.1, -0.05) is 27.7 Å². The van der Waals surface area contributed by atoms with Gasteiger partial charge in [0.25, 0.3) is 0 Å². The van der Waals surface area contributed by atoms with Crippen LogP contribution in [0.25, 0.3) is 0 Å². The van der Waals surface area contributed by atoms with Crippen molar-refractivity contribution in [1.82, 2.24) is 5.32 Å². The molecule has 0 aliphatic heterocycles. The summed E-state index contributed by atoms with van der Waals surface area (Å²) in [6.45, 7) is 13.6. The van der Waals surface area contributed by atoms with Crippen molar-refractivity contribution < 1.29 is 4.39 Å². The maximum absolute atomic E-state index is 13.3. The highest BCUT2D eigenvalue weighted by molar-refractivity contribution is 5.37. The molecule has 0 amide bonds. The van der Waals surface area contributed by atoms with E-state index in [2.05, 4.69) is 33.0 Å². The lowest BCUT2D eigenvalue weighted by Gasteiger charge is -2.34. The third kappa shape index (κ3) is 3.29. The van der Waals surface area contributed by atoms with Gasteiger partial charge >= 0.3 is 0 Å². The van der Waals surface area contributed by atoms with Crippen molar-refractivity contribution in [1.29, 1.82) is 0 Å². The minimum absolute atomic E-state index is 0.114.